The normalized spacial score (nSPS) is 18.8. The summed E-state index contributed by atoms with van der Waals surface area (Å²) in [6, 6.07) is 13.2. The Bertz CT molecular complexity index is 1170. The van der Waals surface area contributed by atoms with Crippen LogP contribution in [0.25, 0.3) is 11.0 Å². The van der Waals surface area contributed by atoms with Gasteiger partial charge in [0.1, 0.15) is 23.1 Å². The highest BCUT2D eigenvalue weighted by molar-refractivity contribution is 6.03. The van der Waals surface area contributed by atoms with Crippen molar-refractivity contribution in [1.29, 1.82) is 0 Å². The van der Waals surface area contributed by atoms with Gasteiger partial charge in [0.05, 0.1) is 12.8 Å². The van der Waals surface area contributed by atoms with Crippen LogP contribution >= 0.6 is 0 Å². The molecule has 1 unspecified atom stereocenters. The van der Waals surface area contributed by atoms with Gasteiger partial charge in [-0.1, -0.05) is 18.2 Å². The fourth-order valence-electron chi connectivity index (χ4n) is 4.77. The monoisotopic (exact) mass is 477 g/mol. The van der Waals surface area contributed by atoms with Gasteiger partial charge in [-0.3, -0.25) is 9.69 Å². The topological polar surface area (TPSA) is 85.7 Å². The number of furan rings is 2. The zero-order valence-electron chi connectivity index (χ0n) is 20.2. The van der Waals surface area contributed by atoms with E-state index in [1.54, 1.807) is 6.26 Å². The summed E-state index contributed by atoms with van der Waals surface area (Å²) in [6.07, 6.45) is 2.13. The maximum absolute atomic E-state index is 13.4. The van der Waals surface area contributed by atoms with E-state index in [-0.39, 0.29) is 24.5 Å². The molecule has 0 spiro atoms. The van der Waals surface area contributed by atoms with E-state index in [4.69, 9.17) is 13.9 Å². The van der Waals surface area contributed by atoms with Crippen molar-refractivity contribution in [3.63, 3.8) is 0 Å². The molecular weight excluding hydrogens is 446 g/mol. The quantitative estimate of drug-likeness (QED) is 0.539. The predicted octanol–water partition coefficient (Wildman–Crippen LogP) is 3.78. The van der Waals surface area contributed by atoms with Crippen LogP contribution in [-0.2, 0) is 4.79 Å². The van der Waals surface area contributed by atoms with E-state index in [1.165, 1.54) is 5.01 Å². The van der Waals surface area contributed by atoms with Crippen LogP contribution < -0.4 is 0 Å². The van der Waals surface area contributed by atoms with Gasteiger partial charge in [0.25, 0.3) is 5.91 Å². The van der Waals surface area contributed by atoms with E-state index in [0.29, 0.717) is 57.2 Å². The highest BCUT2D eigenvalue weighted by Crippen LogP contribution is 2.34. The van der Waals surface area contributed by atoms with Gasteiger partial charge in [0, 0.05) is 51.1 Å². The summed E-state index contributed by atoms with van der Waals surface area (Å²) in [6.45, 7) is 8.13. The molecule has 2 aliphatic heterocycles. The lowest BCUT2D eigenvalue weighted by molar-refractivity contribution is -0.134. The third-order valence-corrected chi connectivity index (χ3v) is 6.78. The average Bonchev–Trinajstić information content (AvgIpc) is 3.64. The molecule has 0 bridgehead atoms. The van der Waals surface area contributed by atoms with Crippen molar-refractivity contribution in [3.05, 3.63) is 60.2 Å². The predicted molar refractivity (Wildman–Crippen MR) is 132 cm³/mol. The molecule has 1 aromatic carbocycles. The molecule has 1 saturated heterocycles. The second-order valence-corrected chi connectivity index (χ2v) is 8.89. The number of hydrogen-bond acceptors (Lipinski definition) is 6. The molecule has 184 valence electrons. The van der Waals surface area contributed by atoms with Gasteiger partial charge in [-0.15, -0.1) is 0 Å². The van der Waals surface area contributed by atoms with Crippen LogP contribution in [0, 0.1) is 0 Å². The first kappa shape index (κ1) is 23.2. The Hall–Kier alpha value is -3.59. The number of urea groups is 1. The largest absolute Gasteiger partial charge is 0.467 e. The minimum absolute atomic E-state index is 0.0680. The molecule has 1 fully saturated rings. The number of hydrazone groups is 1. The lowest BCUT2D eigenvalue weighted by Crippen LogP contribution is -2.54. The van der Waals surface area contributed by atoms with Gasteiger partial charge in [-0.25, -0.2) is 9.80 Å². The molecule has 9 nitrogen and oxygen atoms in total. The Morgan fingerprint density at radius 2 is 1.83 bits per heavy atom. The van der Waals surface area contributed by atoms with E-state index in [2.05, 4.69) is 4.90 Å². The molecule has 0 N–H and O–H groups in total. The van der Waals surface area contributed by atoms with Crippen LogP contribution in [0.15, 0.2) is 62.7 Å². The number of nitrogens with zero attached hydrogens (tertiary/aromatic N) is 5. The molecule has 0 radical (unpaired) electrons. The second kappa shape index (κ2) is 9.95. The highest BCUT2D eigenvalue weighted by atomic mass is 16.3. The van der Waals surface area contributed by atoms with Crippen LogP contribution in [0.1, 0.15) is 37.8 Å². The summed E-state index contributed by atoms with van der Waals surface area (Å²) in [5.41, 5.74) is 1.52. The van der Waals surface area contributed by atoms with Gasteiger partial charge < -0.3 is 18.6 Å². The smallest absolute Gasteiger partial charge is 0.320 e. The van der Waals surface area contributed by atoms with Crippen LogP contribution in [-0.4, -0.2) is 83.2 Å². The van der Waals surface area contributed by atoms with Gasteiger partial charge in [-0.2, -0.15) is 5.10 Å². The summed E-state index contributed by atoms with van der Waals surface area (Å²) in [7, 11) is 0. The third-order valence-electron chi connectivity index (χ3n) is 6.78. The van der Waals surface area contributed by atoms with E-state index >= 15 is 0 Å². The van der Waals surface area contributed by atoms with Crippen LogP contribution in [0.2, 0.25) is 0 Å². The van der Waals surface area contributed by atoms with E-state index in [0.717, 1.165) is 16.7 Å². The zero-order chi connectivity index (χ0) is 24.4. The van der Waals surface area contributed by atoms with Crippen molar-refractivity contribution < 1.29 is 18.4 Å². The van der Waals surface area contributed by atoms with Crippen LogP contribution in [0.5, 0.6) is 0 Å². The molecule has 35 heavy (non-hydrogen) atoms. The molecule has 0 aliphatic carbocycles. The first-order chi connectivity index (χ1) is 17.1. The molecule has 3 aromatic rings. The van der Waals surface area contributed by atoms with Gasteiger partial charge >= 0.3 is 6.03 Å². The van der Waals surface area contributed by atoms with Crippen molar-refractivity contribution in [2.75, 3.05) is 45.8 Å². The standard InChI is InChI=1S/C26H31N5O4/c1-3-29(4-2)26(33)30-13-11-28(12-14-30)18-25(32)31-21(23-10-7-15-34-23)17-20(27-31)24-16-19-8-5-6-9-22(19)35-24/h5-10,15-16,21H,3-4,11-14,17-18H2,1-2H3. The first-order valence-electron chi connectivity index (χ1n) is 12.3. The van der Waals surface area contributed by atoms with E-state index in [1.807, 2.05) is 66.1 Å². The number of fused-ring (bicyclic) bond motifs is 1. The van der Waals surface area contributed by atoms with E-state index < -0.39 is 0 Å². The minimum atomic E-state index is -0.314. The summed E-state index contributed by atoms with van der Waals surface area (Å²) in [5.74, 6) is 1.27. The molecular formula is C26H31N5O4. The number of benzene rings is 1. The Labute approximate surface area is 204 Å². The average molecular weight is 478 g/mol. The van der Waals surface area contributed by atoms with Crippen molar-refractivity contribution in [2.45, 2.75) is 26.3 Å². The summed E-state index contributed by atoms with van der Waals surface area (Å²) >= 11 is 0. The van der Waals surface area contributed by atoms with Gasteiger partial charge in [-0.05, 0) is 38.1 Å². The van der Waals surface area contributed by atoms with Crippen molar-refractivity contribution in [3.8, 4) is 0 Å². The van der Waals surface area contributed by atoms with Gasteiger partial charge in [0.15, 0.2) is 5.76 Å². The lowest BCUT2D eigenvalue weighted by Gasteiger charge is -2.37. The van der Waals surface area contributed by atoms with Crippen molar-refractivity contribution in [2.24, 2.45) is 5.10 Å². The third kappa shape index (κ3) is 4.68. The number of amides is 3. The molecule has 2 aliphatic rings. The molecule has 1 atom stereocenters. The summed E-state index contributed by atoms with van der Waals surface area (Å²) in [4.78, 5) is 31.8. The van der Waals surface area contributed by atoms with Crippen molar-refractivity contribution >= 4 is 28.6 Å². The fourth-order valence-corrected chi connectivity index (χ4v) is 4.77. The molecule has 0 saturated carbocycles. The second-order valence-electron chi connectivity index (χ2n) is 8.89. The molecule has 9 heteroatoms. The maximum Gasteiger partial charge on any atom is 0.320 e. The van der Waals surface area contributed by atoms with Gasteiger partial charge in [0.2, 0.25) is 0 Å². The maximum atomic E-state index is 13.4. The van der Waals surface area contributed by atoms with E-state index in [9.17, 15) is 9.59 Å². The minimum Gasteiger partial charge on any atom is -0.467 e. The molecule has 3 amide bonds. The van der Waals surface area contributed by atoms with Crippen LogP contribution in [0.4, 0.5) is 4.79 Å². The Kier molecular flexibility index (Phi) is 6.59. The number of piperazine rings is 1. The number of para-hydroxylation sites is 1. The Morgan fingerprint density at radius 3 is 2.51 bits per heavy atom. The SMILES string of the molecule is CCN(CC)C(=O)N1CCN(CC(=O)N2N=C(c3cc4ccccc4o3)CC2c2ccco2)CC1. The number of carbonyl (C=O) groups excluding carboxylic acids is 2. The summed E-state index contributed by atoms with van der Waals surface area (Å²) < 4.78 is 11.7. The number of hydrogen-bond donors (Lipinski definition) is 0. The zero-order valence-corrected chi connectivity index (χ0v) is 20.2. The fraction of sp³-hybridized carbons (Fsp3) is 0.423. The Balaban J connectivity index is 1.28. The Morgan fingerprint density at radius 1 is 1.06 bits per heavy atom. The lowest BCUT2D eigenvalue weighted by atomic mass is 10.1. The number of rotatable bonds is 6. The first-order valence-corrected chi connectivity index (χ1v) is 12.3. The molecule has 5 rings (SSSR count). The number of carbonyl (C=O) groups is 2. The van der Waals surface area contributed by atoms with Crippen LogP contribution in [0.3, 0.4) is 0 Å². The molecule has 2 aromatic heterocycles. The molecule has 4 heterocycles. The highest BCUT2D eigenvalue weighted by Gasteiger charge is 2.37. The van der Waals surface area contributed by atoms with Crippen molar-refractivity contribution in [1.82, 2.24) is 19.7 Å². The summed E-state index contributed by atoms with van der Waals surface area (Å²) in [5, 5.41) is 7.23.